The second kappa shape index (κ2) is 7.90. The first-order chi connectivity index (χ1) is 12.4. The van der Waals surface area contributed by atoms with Crippen LogP contribution in [0.15, 0.2) is 29.3 Å². The Bertz CT molecular complexity index is 873. The van der Waals surface area contributed by atoms with Crippen molar-refractivity contribution in [2.75, 3.05) is 32.8 Å². The van der Waals surface area contributed by atoms with Crippen LogP contribution in [-0.2, 0) is 10.0 Å². The van der Waals surface area contributed by atoms with Gasteiger partial charge in [0, 0.05) is 36.6 Å². The van der Waals surface area contributed by atoms with Crippen molar-refractivity contribution in [3.8, 4) is 5.88 Å². The third-order valence-electron chi connectivity index (χ3n) is 4.50. The normalized spacial score (nSPS) is 16.8. The van der Waals surface area contributed by atoms with Crippen LogP contribution in [-0.4, -0.2) is 50.5 Å². The Balaban J connectivity index is 2.10. The van der Waals surface area contributed by atoms with E-state index in [9.17, 15) is 8.42 Å². The Labute approximate surface area is 155 Å². The SMILES string of the molecule is Cc1cnc(OCC(C)C)c2cccc(S(=O)(=O)N3CCCNCC3)c12. The second-order valence-electron chi connectivity index (χ2n) is 7.14. The van der Waals surface area contributed by atoms with E-state index >= 15 is 0 Å². The lowest BCUT2D eigenvalue weighted by Crippen LogP contribution is -2.34. The van der Waals surface area contributed by atoms with Crippen LogP contribution in [0, 0.1) is 12.8 Å². The van der Waals surface area contributed by atoms with Gasteiger partial charge in [0.15, 0.2) is 0 Å². The number of ether oxygens (including phenoxy) is 1. The Kier molecular flexibility index (Phi) is 5.79. The van der Waals surface area contributed by atoms with Crippen molar-refractivity contribution in [1.29, 1.82) is 0 Å². The number of sulfonamides is 1. The molecule has 6 nitrogen and oxygen atoms in total. The van der Waals surface area contributed by atoms with Gasteiger partial charge in [-0.2, -0.15) is 4.31 Å². The van der Waals surface area contributed by atoms with Crippen molar-refractivity contribution in [3.63, 3.8) is 0 Å². The Morgan fingerprint density at radius 3 is 2.85 bits per heavy atom. The standard InChI is InChI=1S/C19H27N3O3S/c1-14(2)13-25-19-16-6-4-7-17(18(16)15(3)12-21-19)26(23,24)22-10-5-8-20-9-11-22/h4,6-7,12,14,20H,5,8-11,13H2,1-3H3. The largest absolute Gasteiger partial charge is 0.477 e. The summed E-state index contributed by atoms with van der Waals surface area (Å²) >= 11 is 0. The van der Waals surface area contributed by atoms with Crippen LogP contribution in [0.25, 0.3) is 10.8 Å². The summed E-state index contributed by atoms with van der Waals surface area (Å²) in [5, 5.41) is 4.71. The third kappa shape index (κ3) is 3.84. The number of fused-ring (bicyclic) bond motifs is 1. The zero-order valence-electron chi connectivity index (χ0n) is 15.7. The summed E-state index contributed by atoms with van der Waals surface area (Å²) in [6.45, 7) is 9.11. The molecule has 1 aromatic carbocycles. The van der Waals surface area contributed by atoms with E-state index < -0.39 is 10.0 Å². The first kappa shape index (κ1) is 19.1. The average Bonchev–Trinajstić information content (AvgIpc) is 2.90. The molecule has 1 aliphatic heterocycles. The third-order valence-corrected chi connectivity index (χ3v) is 6.44. The predicted octanol–water partition coefficient (Wildman–Crippen LogP) is 2.56. The van der Waals surface area contributed by atoms with Gasteiger partial charge in [0.1, 0.15) is 0 Å². The van der Waals surface area contributed by atoms with Crippen LogP contribution < -0.4 is 10.1 Å². The highest BCUT2D eigenvalue weighted by molar-refractivity contribution is 7.89. The van der Waals surface area contributed by atoms with Crippen molar-refractivity contribution in [3.05, 3.63) is 30.0 Å². The molecule has 1 aromatic heterocycles. The molecule has 2 heterocycles. The smallest absolute Gasteiger partial charge is 0.243 e. The van der Waals surface area contributed by atoms with Crippen LogP contribution in [0.5, 0.6) is 5.88 Å². The van der Waals surface area contributed by atoms with E-state index in [4.69, 9.17) is 4.74 Å². The van der Waals surface area contributed by atoms with Crippen LogP contribution in [0.2, 0.25) is 0 Å². The zero-order chi connectivity index (χ0) is 18.7. The molecule has 0 saturated carbocycles. The quantitative estimate of drug-likeness (QED) is 0.867. The van der Waals surface area contributed by atoms with Crippen LogP contribution in [0.4, 0.5) is 0 Å². The van der Waals surface area contributed by atoms with Crippen molar-refractivity contribution in [2.45, 2.75) is 32.1 Å². The number of hydrogen-bond acceptors (Lipinski definition) is 5. The number of pyridine rings is 1. The van der Waals surface area contributed by atoms with E-state index in [1.54, 1.807) is 22.6 Å². The molecule has 142 valence electrons. The summed E-state index contributed by atoms with van der Waals surface area (Å²) in [6.07, 6.45) is 2.51. The molecular formula is C19H27N3O3S. The maximum Gasteiger partial charge on any atom is 0.243 e. The fourth-order valence-corrected chi connectivity index (χ4v) is 4.94. The van der Waals surface area contributed by atoms with Gasteiger partial charge in [-0.3, -0.25) is 0 Å². The molecule has 1 aliphatic rings. The molecular weight excluding hydrogens is 350 g/mol. The summed E-state index contributed by atoms with van der Waals surface area (Å²) in [5.41, 5.74) is 0.837. The number of benzene rings is 1. The minimum Gasteiger partial charge on any atom is -0.477 e. The molecule has 0 spiro atoms. The Hall–Kier alpha value is -1.70. The molecule has 1 saturated heterocycles. The molecule has 1 fully saturated rings. The molecule has 1 N–H and O–H groups in total. The number of nitrogens with one attached hydrogen (secondary N) is 1. The van der Waals surface area contributed by atoms with Gasteiger partial charge in [-0.15, -0.1) is 0 Å². The van der Waals surface area contributed by atoms with Crippen LogP contribution >= 0.6 is 0 Å². The van der Waals surface area contributed by atoms with Crippen molar-refractivity contribution in [1.82, 2.24) is 14.6 Å². The van der Waals surface area contributed by atoms with Gasteiger partial charge < -0.3 is 10.1 Å². The molecule has 0 radical (unpaired) electrons. The fraction of sp³-hybridized carbons (Fsp3) is 0.526. The monoisotopic (exact) mass is 377 g/mol. The van der Waals surface area contributed by atoms with Crippen molar-refractivity contribution in [2.24, 2.45) is 5.92 Å². The first-order valence-corrected chi connectivity index (χ1v) is 10.6. The van der Waals surface area contributed by atoms with Gasteiger partial charge in [-0.1, -0.05) is 19.9 Å². The molecule has 0 aliphatic carbocycles. The fourth-order valence-electron chi connectivity index (χ4n) is 3.18. The van der Waals surface area contributed by atoms with Crippen LogP contribution in [0.1, 0.15) is 25.8 Å². The maximum atomic E-state index is 13.3. The first-order valence-electron chi connectivity index (χ1n) is 9.13. The molecule has 0 unspecified atom stereocenters. The minimum absolute atomic E-state index is 0.339. The molecule has 0 amide bonds. The van der Waals surface area contributed by atoms with Gasteiger partial charge in [-0.05, 0) is 43.5 Å². The average molecular weight is 378 g/mol. The Morgan fingerprint density at radius 2 is 2.08 bits per heavy atom. The highest BCUT2D eigenvalue weighted by Gasteiger charge is 2.28. The summed E-state index contributed by atoms with van der Waals surface area (Å²) in [6, 6.07) is 5.35. The van der Waals surface area contributed by atoms with Gasteiger partial charge in [0.25, 0.3) is 0 Å². The number of aryl methyl sites for hydroxylation is 1. The summed E-state index contributed by atoms with van der Waals surface area (Å²) in [7, 11) is -3.57. The summed E-state index contributed by atoms with van der Waals surface area (Å²) < 4.78 is 34.1. The zero-order valence-corrected chi connectivity index (χ0v) is 16.5. The second-order valence-corrected chi connectivity index (χ2v) is 9.04. The van der Waals surface area contributed by atoms with E-state index in [0.717, 1.165) is 23.9 Å². The minimum atomic E-state index is -3.57. The molecule has 0 bridgehead atoms. The van der Waals surface area contributed by atoms with E-state index in [0.29, 0.717) is 48.3 Å². The van der Waals surface area contributed by atoms with E-state index in [1.807, 2.05) is 13.0 Å². The van der Waals surface area contributed by atoms with E-state index in [1.165, 1.54) is 0 Å². The summed E-state index contributed by atoms with van der Waals surface area (Å²) in [5.74, 6) is 0.860. The summed E-state index contributed by atoms with van der Waals surface area (Å²) in [4.78, 5) is 4.73. The van der Waals surface area contributed by atoms with Crippen LogP contribution in [0.3, 0.4) is 0 Å². The maximum absolute atomic E-state index is 13.3. The molecule has 0 atom stereocenters. The number of rotatable bonds is 5. The lowest BCUT2D eigenvalue weighted by molar-refractivity contribution is 0.264. The number of nitrogens with zero attached hydrogens (tertiary/aromatic N) is 2. The number of hydrogen-bond donors (Lipinski definition) is 1. The topological polar surface area (TPSA) is 71.5 Å². The molecule has 3 rings (SSSR count). The van der Waals surface area contributed by atoms with Gasteiger partial charge in [0.2, 0.25) is 15.9 Å². The number of aromatic nitrogens is 1. The van der Waals surface area contributed by atoms with Gasteiger partial charge in [-0.25, -0.2) is 13.4 Å². The highest BCUT2D eigenvalue weighted by Crippen LogP contribution is 2.33. The molecule has 26 heavy (non-hydrogen) atoms. The van der Waals surface area contributed by atoms with Crippen molar-refractivity contribution >= 4 is 20.8 Å². The van der Waals surface area contributed by atoms with E-state index in [-0.39, 0.29) is 0 Å². The predicted molar refractivity (Wildman–Crippen MR) is 103 cm³/mol. The lowest BCUT2D eigenvalue weighted by Gasteiger charge is -2.21. The lowest BCUT2D eigenvalue weighted by atomic mass is 10.1. The van der Waals surface area contributed by atoms with Gasteiger partial charge in [0.05, 0.1) is 11.5 Å². The van der Waals surface area contributed by atoms with Crippen molar-refractivity contribution < 1.29 is 13.2 Å². The molecule has 2 aromatic rings. The highest BCUT2D eigenvalue weighted by atomic mass is 32.2. The Morgan fingerprint density at radius 1 is 1.27 bits per heavy atom. The van der Waals surface area contributed by atoms with Gasteiger partial charge >= 0.3 is 0 Å². The van der Waals surface area contributed by atoms with E-state index in [2.05, 4.69) is 24.1 Å². The molecule has 7 heteroatoms.